The molecule has 1 fully saturated rings. The summed E-state index contributed by atoms with van der Waals surface area (Å²) < 4.78 is 0. The first-order valence-electron chi connectivity index (χ1n) is 6.14. The Kier molecular flexibility index (Phi) is 4.57. The van der Waals surface area contributed by atoms with Gasteiger partial charge < -0.3 is 10.2 Å². The molecule has 1 aliphatic rings. The minimum Gasteiger partial charge on any atom is -0.368 e. The first-order valence-corrected chi connectivity index (χ1v) is 6.52. The van der Waals surface area contributed by atoms with E-state index in [2.05, 4.69) is 27.2 Å². The average molecular weight is 255 g/mol. The molecule has 0 aliphatic carbocycles. The van der Waals surface area contributed by atoms with Crippen molar-refractivity contribution in [2.75, 3.05) is 32.0 Å². The number of rotatable bonds is 4. The van der Waals surface area contributed by atoms with Crippen molar-refractivity contribution < 1.29 is 0 Å². The van der Waals surface area contributed by atoms with E-state index in [1.807, 2.05) is 0 Å². The Bertz CT molecular complexity index is 350. The number of hydrogen-bond donors (Lipinski definition) is 1. The topological polar surface area (TPSA) is 41.0 Å². The summed E-state index contributed by atoms with van der Waals surface area (Å²) in [6, 6.07) is 0. The van der Waals surface area contributed by atoms with Crippen molar-refractivity contribution in [3.63, 3.8) is 0 Å². The summed E-state index contributed by atoms with van der Waals surface area (Å²) in [4.78, 5) is 10.5. The van der Waals surface area contributed by atoms with Crippen LogP contribution in [0, 0.1) is 5.92 Å². The predicted molar refractivity (Wildman–Crippen MR) is 70.4 cm³/mol. The van der Waals surface area contributed by atoms with Crippen molar-refractivity contribution in [1.29, 1.82) is 0 Å². The van der Waals surface area contributed by atoms with Gasteiger partial charge in [-0.05, 0) is 45.3 Å². The van der Waals surface area contributed by atoms with Gasteiger partial charge in [0.05, 0.1) is 0 Å². The fraction of sp³-hybridized carbons (Fsp3) is 0.667. The van der Waals surface area contributed by atoms with Crippen LogP contribution in [-0.4, -0.2) is 41.5 Å². The van der Waals surface area contributed by atoms with Crippen LogP contribution in [0.2, 0.25) is 5.15 Å². The predicted octanol–water partition coefficient (Wildman–Crippen LogP) is 2.27. The van der Waals surface area contributed by atoms with Crippen molar-refractivity contribution in [3.8, 4) is 0 Å². The number of piperidine rings is 1. The minimum atomic E-state index is 0.455. The largest absolute Gasteiger partial charge is 0.368 e. The van der Waals surface area contributed by atoms with E-state index in [1.54, 1.807) is 12.4 Å². The fourth-order valence-corrected chi connectivity index (χ4v) is 2.36. The van der Waals surface area contributed by atoms with Gasteiger partial charge in [-0.25, -0.2) is 9.97 Å². The van der Waals surface area contributed by atoms with E-state index < -0.39 is 0 Å². The van der Waals surface area contributed by atoms with Gasteiger partial charge in [0.1, 0.15) is 0 Å². The lowest BCUT2D eigenvalue weighted by atomic mass is 9.94. The van der Waals surface area contributed by atoms with Gasteiger partial charge in [0.15, 0.2) is 11.0 Å². The van der Waals surface area contributed by atoms with Gasteiger partial charge in [-0.15, -0.1) is 0 Å². The molecular formula is C12H19ClN4. The normalized spacial score (nSPS) is 18.2. The molecule has 0 unspecified atom stereocenters. The Morgan fingerprint density at radius 3 is 2.76 bits per heavy atom. The number of hydrogen-bond acceptors (Lipinski definition) is 4. The van der Waals surface area contributed by atoms with Gasteiger partial charge in [0.25, 0.3) is 0 Å². The summed E-state index contributed by atoms with van der Waals surface area (Å²) in [6.45, 7) is 3.36. The molecule has 0 radical (unpaired) electrons. The van der Waals surface area contributed by atoms with Gasteiger partial charge in [-0.1, -0.05) is 11.6 Å². The minimum absolute atomic E-state index is 0.455. The van der Waals surface area contributed by atoms with Gasteiger partial charge in [0, 0.05) is 18.9 Å². The number of halogens is 1. The fourth-order valence-electron chi connectivity index (χ4n) is 2.19. The van der Waals surface area contributed by atoms with Crippen LogP contribution in [-0.2, 0) is 0 Å². The summed E-state index contributed by atoms with van der Waals surface area (Å²) in [5.74, 6) is 1.52. The lowest BCUT2D eigenvalue weighted by Crippen LogP contribution is -2.30. The molecule has 0 bridgehead atoms. The first-order chi connectivity index (χ1) is 8.25. The molecule has 1 aromatic heterocycles. The molecule has 1 aromatic rings. The Balaban J connectivity index is 1.71. The first kappa shape index (κ1) is 12.6. The molecule has 4 nitrogen and oxygen atoms in total. The maximum absolute atomic E-state index is 5.92. The van der Waals surface area contributed by atoms with Crippen molar-refractivity contribution in [3.05, 3.63) is 17.5 Å². The maximum atomic E-state index is 5.92. The zero-order valence-corrected chi connectivity index (χ0v) is 11.0. The monoisotopic (exact) mass is 254 g/mol. The molecule has 0 aromatic carbocycles. The third-order valence-electron chi connectivity index (χ3n) is 3.34. The van der Waals surface area contributed by atoms with E-state index in [1.165, 1.54) is 32.4 Å². The standard InChI is InChI=1S/C12H19ClN4/c1-17-8-3-10(4-9-17)2-5-15-12-11(13)14-6-7-16-12/h6-7,10H,2-5,8-9H2,1H3,(H,15,16). The number of nitrogens with zero attached hydrogens (tertiary/aromatic N) is 3. The van der Waals surface area contributed by atoms with Gasteiger partial charge in [0.2, 0.25) is 0 Å². The molecule has 1 saturated heterocycles. The molecule has 0 saturated carbocycles. The molecule has 1 aliphatic heterocycles. The summed E-state index contributed by atoms with van der Waals surface area (Å²) >= 11 is 5.92. The Labute approximate surface area is 107 Å². The lowest BCUT2D eigenvalue weighted by Gasteiger charge is -2.28. The van der Waals surface area contributed by atoms with E-state index >= 15 is 0 Å². The summed E-state index contributed by atoms with van der Waals surface area (Å²) in [5, 5.41) is 3.71. The van der Waals surface area contributed by atoms with E-state index in [0.29, 0.717) is 11.0 Å². The van der Waals surface area contributed by atoms with Crippen LogP contribution in [0.3, 0.4) is 0 Å². The second kappa shape index (κ2) is 6.17. The summed E-state index contributed by atoms with van der Waals surface area (Å²) in [7, 11) is 2.19. The Morgan fingerprint density at radius 1 is 1.35 bits per heavy atom. The van der Waals surface area contributed by atoms with Crippen molar-refractivity contribution in [1.82, 2.24) is 14.9 Å². The molecular weight excluding hydrogens is 236 g/mol. The molecule has 0 amide bonds. The van der Waals surface area contributed by atoms with E-state index in [9.17, 15) is 0 Å². The van der Waals surface area contributed by atoms with Crippen LogP contribution in [0.25, 0.3) is 0 Å². The highest BCUT2D eigenvalue weighted by molar-refractivity contribution is 6.31. The molecule has 2 rings (SSSR count). The summed E-state index contributed by atoms with van der Waals surface area (Å²) in [6.07, 6.45) is 7.04. The Hall–Kier alpha value is -0.870. The second-order valence-corrected chi connectivity index (χ2v) is 5.02. The third kappa shape index (κ3) is 3.82. The van der Waals surface area contributed by atoms with Crippen molar-refractivity contribution >= 4 is 17.4 Å². The zero-order valence-electron chi connectivity index (χ0n) is 10.2. The van der Waals surface area contributed by atoms with Gasteiger partial charge in [-0.2, -0.15) is 0 Å². The van der Waals surface area contributed by atoms with Crippen LogP contribution in [0.1, 0.15) is 19.3 Å². The molecule has 0 spiro atoms. The van der Waals surface area contributed by atoms with Crippen LogP contribution in [0.4, 0.5) is 5.82 Å². The SMILES string of the molecule is CN1CCC(CCNc2nccnc2Cl)CC1. The molecule has 2 heterocycles. The summed E-state index contributed by atoms with van der Waals surface area (Å²) in [5.41, 5.74) is 0. The number of aromatic nitrogens is 2. The van der Waals surface area contributed by atoms with E-state index in [-0.39, 0.29) is 0 Å². The lowest BCUT2D eigenvalue weighted by molar-refractivity contribution is 0.215. The number of nitrogens with one attached hydrogen (secondary N) is 1. The van der Waals surface area contributed by atoms with Crippen LogP contribution >= 0.6 is 11.6 Å². The van der Waals surface area contributed by atoms with E-state index in [0.717, 1.165) is 12.5 Å². The van der Waals surface area contributed by atoms with Gasteiger partial charge >= 0.3 is 0 Å². The highest BCUT2D eigenvalue weighted by Crippen LogP contribution is 2.20. The number of anilines is 1. The van der Waals surface area contributed by atoms with Crippen molar-refractivity contribution in [2.24, 2.45) is 5.92 Å². The van der Waals surface area contributed by atoms with Gasteiger partial charge in [-0.3, -0.25) is 0 Å². The molecule has 17 heavy (non-hydrogen) atoms. The average Bonchev–Trinajstić information content (AvgIpc) is 2.34. The molecule has 1 N–H and O–H groups in total. The quantitative estimate of drug-likeness (QED) is 0.895. The smallest absolute Gasteiger partial charge is 0.171 e. The maximum Gasteiger partial charge on any atom is 0.171 e. The number of likely N-dealkylation sites (tertiary alicyclic amines) is 1. The molecule has 94 valence electrons. The zero-order chi connectivity index (χ0) is 12.1. The Morgan fingerprint density at radius 2 is 2.06 bits per heavy atom. The van der Waals surface area contributed by atoms with Crippen LogP contribution in [0.5, 0.6) is 0 Å². The van der Waals surface area contributed by atoms with Crippen molar-refractivity contribution in [2.45, 2.75) is 19.3 Å². The third-order valence-corrected chi connectivity index (χ3v) is 3.61. The second-order valence-electron chi connectivity index (χ2n) is 4.66. The van der Waals surface area contributed by atoms with E-state index in [4.69, 9.17) is 11.6 Å². The molecule has 5 heteroatoms. The van der Waals surface area contributed by atoms with Crippen LogP contribution < -0.4 is 5.32 Å². The van der Waals surface area contributed by atoms with Crippen LogP contribution in [0.15, 0.2) is 12.4 Å². The highest BCUT2D eigenvalue weighted by atomic mass is 35.5. The molecule has 0 atom stereocenters. The highest BCUT2D eigenvalue weighted by Gasteiger charge is 2.16.